The van der Waals surface area contributed by atoms with Crippen molar-refractivity contribution in [3.63, 3.8) is 0 Å². The molecule has 0 unspecified atom stereocenters. The first-order chi connectivity index (χ1) is 8.97. The van der Waals surface area contributed by atoms with Gasteiger partial charge in [0, 0.05) is 11.6 Å². The molecule has 0 bridgehead atoms. The molecular weight excluding hydrogens is 257 g/mol. The van der Waals surface area contributed by atoms with E-state index in [9.17, 15) is 19.3 Å². The van der Waals surface area contributed by atoms with Crippen LogP contribution >= 0.6 is 0 Å². The summed E-state index contributed by atoms with van der Waals surface area (Å²) in [6.07, 6.45) is -0.288. The molecule has 6 nitrogen and oxygen atoms in total. The molecule has 0 atom stereocenters. The van der Waals surface area contributed by atoms with Crippen LogP contribution in [0.2, 0.25) is 0 Å². The highest BCUT2D eigenvalue weighted by Crippen LogP contribution is 2.27. The van der Waals surface area contributed by atoms with Crippen LogP contribution in [-0.2, 0) is 11.2 Å². The van der Waals surface area contributed by atoms with E-state index < -0.39 is 22.4 Å². The van der Waals surface area contributed by atoms with Crippen LogP contribution in [0.1, 0.15) is 5.76 Å². The SMILES string of the molecule is O=C(O)Cc1ccc(-c2ccc(F)c([N+](=O)[O-])c2)o1. The van der Waals surface area contributed by atoms with E-state index in [0.29, 0.717) is 5.56 Å². The van der Waals surface area contributed by atoms with E-state index in [-0.39, 0.29) is 17.9 Å². The number of rotatable bonds is 4. The van der Waals surface area contributed by atoms with Crippen LogP contribution in [0.15, 0.2) is 34.7 Å². The molecule has 0 amide bonds. The van der Waals surface area contributed by atoms with Crippen molar-refractivity contribution in [2.24, 2.45) is 0 Å². The third-order valence-corrected chi connectivity index (χ3v) is 2.41. The van der Waals surface area contributed by atoms with E-state index in [1.807, 2.05) is 0 Å². The van der Waals surface area contributed by atoms with Crippen LogP contribution in [-0.4, -0.2) is 16.0 Å². The second-order valence-electron chi connectivity index (χ2n) is 3.76. The predicted molar refractivity (Wildman–Crippen MR) is 62.1 cm³/mol. The molecule has 0 aliphatic carbocycles. The Hall–Kier alpha value is -2.70. The maximum Gasteiger partial charge on any atom is 0.311 e. The fourth-order valence-electron chi connectivity index (χ4n) is 1.58. The summed E-state index contributed by atoms with van der Waals surface area (Å²) in [5.41, 5.74) is -0.349. The molecule has 98 valence electrons. The number of benzene rings is 1. The second-order valence-corrected chi connectivity index (χ2v) is 3.76. The quantitative estimate of drug-likeness (QED) is 0.677. The number of carboxylic acid groups (broad SMARTS) is 1. The van der Waals surface area contributed by atoms with Gasteiger partial charge in [0.25, 0.3) is 0 Å². The van der Waals surface area contributed by atoms with Crippen molar-refractivity contribution in [3.05, 3.63) is 52.0 Å². The molecule has 1 N–H and O–H groups in total. The molecule has 7 heteroatoms. The summed E-state index contributed by atoms with van der Waals surface area (Å²) in [6, 6.07) is 6.27. The number of furan rings is 1. The highest BCUT2D eigenvalue weighted by atomic mass is 19.1. The molecule has 2 aromatic rings. The molecule has 1 heterocycles. The van der Waals surface area contributed by atoms with E-state index in [1.54, 1.807) is 0 Å². The van der Waals surface area contributed by atoms with Gasteiger partial charge in [0.15, 0.2) is 0 Å². The van der Waals surface area contributed by atoms with Gasteiger partial charge in [-0.2, -0.15) is 4.39 Å². The van der Waals surface area contributed by atoms with Gasteiger partial charge in [-0.3, -0.25) is 14.9 Å². The number of halogens is 1. The van der Waals surface area contributed by atoms with E-state index in [0.717, 1.165) is 12.1 Å². The zero-order chi connectivity index (χ0) is 14.0. The van der Waals surface area contributed by atoms with Gasteiger partial charge in [-0.1, -0.05) is 0 Å². The largest absolute Gasteiger partial charge is 0.481 e. The van der Waals surface area contributed by atoms with Gasteiger partial charge < -0.3 is 9.52 Å². The first-order valence-corrected chi connectivity index (χ1v) is 5.22. The van der Waals surface area contributed by atoms with Crippen LogP contribution < -0.4 is 0 Å². The lowest BCUT2D eigenvalue weighted by molar-refractivity contribution is -0.387. The summed E-state index contributed by atoms with van der Waals surface area (Å²) in [6.45, 7) is 0. The van der Waals surface area contributed by atoms with E-state index in [2.05, 4.69) is 0 Å². The first kappa shape index (κ1) is 12.7. The van der Waals surface area contributed by atoms with Gasteiger partial charge >= 0.3 is 11.7 Å². The van der Waals surface area contributed by atoms with E-state index in [4.69, 9.17) is 9.52 Å². The van der Waals surface area contributed by atoms with Crippen molar-refractivity contribution < 1.29 is 23.6 Å². The molecule has 0 aliphatic rings. The number of nitro groups is 1. The Kier molecular flexibility index (Phi) is 3.28. The number of nitro benzene ring substituents is 1. The third kappa shape index (κ3) is 2.76. The Balaban J connectivity index is 2.36. The Morgan fingerprint density at radius 1 is 1.37 bits per heavy atom. The summed E-state index contributed by atoms with van der Waals surface area (Å²) in [7, 11) is 0. The number of carboxylic acids is 1. The normalized spacial score (nSPS) is 10.4. The molecule has 0 saturated carbocycles. The molecule has 1 aromatic heterocycles. The van der Waals surface area contributed by atoms with Crippen LogP contribution in [0.25, 0.3) is 11.3 Å². The molecule has 0 aliphatic heterocycles. The predicted octanol–water partition coefficient (Wildman–Crippen LogP) is 2.62. The van der Waals surface area contributed by atoms with Gasteiger partial charge in [0.2, 0.25) is 5.82 Å². The molecule has 0 fully saturated rings. The third-order valence-electron chi connectivity index (χ3n) is 2.41. The van der Waals surface area contributed by atoms with Gasteiger partial charge in [-0.05, 0) is 24.3 Å². The van der Waals surface area contributed by atoms with Crippen LogP contribution in [0, 0.1) is 15.9 Å². The average molecular weight is 265 g/mol. The Bertz CT molecular complexity index is 649. The zero-order valence-electron chi connectivity index (χ0n) is 9.50. The van der Waals surface area contributed by atoms with Crippen LogP contribution in [0.4, 0.5) is 10.1 Å². The molecule has 1 aromatic carbocycles. The number of aliphatic carboxylic acids is 1. The maximum atomic E-state index is 13.2. The second kappa shape index (κ2) is 4.89. The van der Waals surface area contributed by atoms with Crippen molar-refractivity contribution in [2.75, 3.05) is 0 Å². The van der Waals surface area contributed by atoms with Crippen molar-refractivity contribution in [2.45, 2.75) is 6.42 Å². The van der Waals surface area contributed by atoms with Gasteiger partial charge in [0.1, 0.15) is 17.9 Å². The summed E-state index contributed by atoms with van der Waals surface area (Å²) >= 11 is 0. The van der Waals surface area contributed by atoms with Crippen LogP contribution in [0.5, 0.6) is 0 Å². The first-order valence-electron chi connectivity index (χ1n) is 5.22. The Morgan fingerprint density at radius 3 is 2.74 bits per heavy atom. The number of hydrogen-bond acceptors (Lipinski definition) is 4. The zero-order valence-corrected chi connectivity index (χ0v) is 9.50. The van der Waals surface area contributed by atoms with E-state index >= 15 is 0 Å². The van der Waals surface area contributed by atoms with Gasteiger partial charge in [0.05, 0.1) is 4.92 Å². The van der Waals surface area contributed by atoms with Crippen molar-refractivity contribution >= 4 is 11.7 Å². The molecule has 0 spiro atoms. The minimum Gasteiger partial charge on any atom is -0.481 e. The minimum absolute atomic E-state index is 0.217. The Morgan fingerprint density at radius 2 is 2.11 bits per heavy atom. The lowest BCUT2D eigenvalue weighted by Crippen LogP contribution is -1.97. The monoisotopic (exact) mass is 265 g/mol. The van der Waals surface area contributed by atoms with Gasteiger partial charge in [-0.15, -0.1) is 0 Å². The number of nitrogens with zero attached hydrogens (tertiary/aromatic N) is 1. The topological polar surface area (TPSA) is 93.6 Å². The molecule has 19 heavy (non-hydrogen) atoms. The van der Waals surface area contributed by atoms with Gasteiger partial charge in [-0.25, -0.2) is 0 Å². The summed E-state index contributed by atoms with van der Waals surface area (Å²) < 4.78 is 18.4. The Labute approximate surface area is 106 Å². The lowest BCUT2D eigenvalue weighted by Gasteiger charge is -1.98. The molecule has 0 radical (unpaired) electrons. The van der Waals surface area contributed by atoms with Crippen molar-refractivity contribution in [1.82, 2.24) is 0 Å². The molecular formula is C12H8FNO5. The standard InChI is InChI=1S/C12H8FNO5/c13-9-3-1-7(5-10(9)14(17)18)11-4-2-8(19-11)6-12(15)16/h1-5H,6H2,(H,15,16). The summed E-state index contributed by atoms with van der Waals surface area (Å²) in [5, 5.41) is 19.2. The molecule has 2 rings (SSSR count). The molecule has 0 saturated heterocycles. The fourth-order valence-corrected chi connectivity index (χ4v) is 1.58. The van der Waals surface area contributed by atoms with Crippen molar-refractivity contribution in [3.8, 4) is 11.3 Å². The smallest absolute Gasteiger partial charge is 0.311 e. The fraction of sp³-hybridized carbons (Fsp3) is 0.0833. The highest BCUT2D eigenvalue weighted by molar-refractivity contribution is 5.70. The maximum absolute atomic E-state index is 13.2. The lowest BCUT2D eigenvalue weighted by atomic mass is 10.1. The van der Waals surface area contributed by atoms with Crippen molar-refractivity contribution in [1.29, 1.82) is 0 Å². The summed E-state index contributed by atoms with van der Waals surface area (Å²) in [4.78, 5) is 20.3. The average Bonchev–Trinajstić information content (AvgIpc) is 2.76. The van der Waals surface area contributed by atoms with Crippen LogP contribution in [0.3, 0.4) is 0 Å². The number of carbonyl (C=O) groups is 1. The van der Waals surface area contributed by atoms with E-state index in [1.165, 1.54) is 18.2 Å². The number of hydrogen-bond donors (Lipinski definition) is 1. The minimum atomic E-state index is -1.05. The highest BCUT2D eigenvalue weighted by Gasteiger charge is 2.16. The summed E-state index contributed by atoms with van der Waals surface area (Å²) in [5.74, 6) is -1.52.